The molecular weight excluding hydrogens is 136 g/mol. The zero-order chi connectivity index (χ0) is 8.57. The van der Waals surface area contributed by atoms with Crippen molar-refractivity contribution in [2.75, 3.05) is 0 Å². The van der Waals surface area contributed by atoms with Gasteiger partial charge in [0.1, 0.15) is 6.07 Å². The van der Waals surface area contributed by atoms with E-state index in [4.69, 9.17) is 15.9 Å². The first kappa shape index (κ1) is 11.4. The van der Waals surface area contributed by atoms with Crippen LogP contribution in [0.25, 0.3) is 0 Å². The van der Waals surface area contributed by atoms with Gasteiger partial charge in [0.05, 0.1) is 0 Å². The standard InChI is InChI=1S/C3H2N2O3.C2H6/c4-1-2(5)3(6)8-7;1-2/h5,7H;1-2H3. The SMILES string of the molecule is CC.N#CC(=N)C(=O)OO. The Morgan fingerprint density at radius 3 is 2.20 bits per heavy atom. The molecule has 0 aliphatic heterocycles. The third-order valence-corrected chi connectivity index (χ3v) is 0.399. The highest BCUT2D eigenvalue weighted by molar-refractivity contribution is 6.41. The number of nitrogens with zero attached hydrogens (tertiary/aromatic N) is 1. The summed E-state index contributed by atoms with van der Waals surface area (Å²) in [5.74, 6) is -1.34. The molecule has 56 valence electrons. The van der Waals surface area contributed by atoms with Gasteiger partial charge >= 0.3 is 5.97 Å². The summed E-state index contributed by atoms with van der Waals surface area (Å²) in [6.45, 7) is 4.00. The summed E-state index contributed by atoms with van der Waals surface area (Å²) in [5.41, 5.74) is -0.924. The molecule has 0 fully saturated rings. The highest BCUT2D eigenvalue weighted by Crippen LogP contribution is 1.73. The van der Waals surface area contributed by atoms with E-state index in [0.29, 0.717) is 0 Å². The van der Waals surface area contributed by atoms with E-state index in [-0.39, 0.29) is 0 Å². The van der Waals surface area contributed by atoms with Crippen LogP contribution in [0.2, 0.25) is 0 Å². The van der Waals surface area contributed by atoms with Gasteiger partial charge in [-0.15, -0.1) is 0 Å². The summed E-state index contributed by atoms with van der Waals surface area (Å²) in [6, 6.07) is 1.16. The summed E-state index contributed by atoms with van der Waals surface area (Å²) in [7, 11) is 0. The van der Waals surface area contributed by atoms with Crippen molar-refractivity contribution in [3.63, 3.8) is 0 Å². The zero-order valence-electron chi connectivity index (χ0n) is 5.71. The van der Waals surface area contributed by atoms with E-state index in [0.717, 1.165) is 6.07 Å². The van der Waals surface area contributed by atoms with Crippen LogP contribution in [0.5, 0.6) is 0 Å². The molecule has 2 N–H and O–H groups in total. The number of nitriles is 1. The smallest absolute Gasteiger partial charge is 0.293 e. The van der Waals surface area contributed by atoms with Crippen LogP contribution in [-0.2, 0) is 9.68 Å². The minimum Gasteiger partial charge on any atom is -0.293 e. The van der Waals surface area contributed by atoms with Crippen molar-refractivity contribution in [2.45, 2.75) is 13.8 Å². The maximum atomic E-state index is 9.82. The van der Waals surface area contributed by atoms with Gasteiger partial charge in [0, 0.05) is 0 Å². The second kappa shape index (κ2) is 7.59. The topological polar surface area (TPSA) is 94.2 Å². The Hall–Kier alpha value is -1.41. The van der Waals surface area contributed by atoms with Crippen molar-refractivity contribution in [3.05, 3.63) is 0 Å². The van der Waals surface area contributed by atoms with Crippen molar-refractivity contribution >= 4 is 11.7 Å². The van der Waals surface area contributed by atoms with E-state index < -0.39 is 11.7 Å². The molecule has 0 aromatic heterocycles. The molecule has 0 heterocycles. The lowest BCUT2D eigenvalue weighted by molar-refractivity contribution is -0.225. The number of nitrogens with one attached hydrogen (secondary N) is 1. The fourth-order valence-electron chi connectivity index (χ4n) is 0.0913. The molecule has 5 nitrogen and oxygen atoms in total. The molecular formula is C5H8N2O3. The Bertz CT molecular complexity index is 159. The highest BCUT2D eigenvalue weighted by atomic mass is 17.1. The lowest BCUT2D eigenvalue weighted by atomic mass is 10.4. The summed E-state index contributed by atoms with van der Waals surface area (Å²) in [4.78, 5) is 12.8. The molecule has 0 spiro atoms. The highest BCUT2D eigenvalue weighted by Gasteiger charge is 2.07. The average molecular weight is 144 g/mol. The number of hydrogen-bond acceptors (Lipinski definition) is 5. The van der Waals surface area contributed by atoms with E-state index in [1.165, 1.54) is 0 Å². The Labute approximate surface area is 58.3 Å². The van der Waals surface area contributed by atoms with Gasteiger partial charge < -0.3 is 0 Å². The molecule has 0 amide bonds. The number of hydrogen-bond donors (Lipinski definition) is 2. The van der Waals surface area contributed by atoms with Crippen LogP contribution in [0.4, 0.5) is 0 Å². The monoisotopic (exact) mass is 144 g/mol. The minimum absolute atomic E-state index is 0.924. The second-order valence-corrected chi connectivity index (χ2v) is 0.866. The van der Waals surface area contributed by atoms with E-state index in [1.54, 1.807) is 0 Å². The van der Waals surface area contributed by atoms with Gasteiger partial charge in [0.25, 0.3) is 0 Å². The lowest BCUT2D eigenvalue weighted by Gasteiger charge is -1.84. The van der Waals surface area contributed by atoms with Crippen molar-refractivity contribution in [1.29, 1.82) is 10.7 Å². The molecule has 0 unspecified atom stereocenters. The molecule has 0 aliphatic rings. The zero-order valence-corrected chi connectivity index (χ0v) is 5.71. The molecule has 0 atom stereocenters. The fraction of sp³-hybridized carbons (Fsp3) is 0.400. The largest absolute Gasteiger partial charge is 0.401 e. The molecule has 5 heteroatoms. The summed E-state index contributed by atoms with van der Waals surface area (Å²) in [5, 5.41) is 21.6. The van der Waals surface area contributed by atoms with Crippen LogP contribution >= 0.6 is 0 Å². The first-order valence-electron chi connectivity index (χ1n) is 2.56. The first-order valence-corrected chi connectivity index (χ1v) is 2.56. The van der Waals surface area contributed by atoms with Gasteiger partial charge in [-0.3, -0.25) is 10.3 Å². The molecule has 10 heavy (non-hydrogen) atoms. The van der Waals surface area contributed by atoms with Gasteiger partial charge in [-0.2, -0.15) is 10.5 Å². The van der Waals surface area contributed by atoms with Gasteiger partial charge in [-0.1, -0.05) is 13.8 Å². The van der Waals surface area contributed by atoms with Crippen LogP contribution in [0.1, 0.15) is 13.8 Å². The summed E-state index contributed by atoms with van der Waals surface area (Å²) >= 11 is 0. The Morgan fingerprint density at radius 1 is 1.70 bits per heavy atom. The molecule has 0 aromatic rings. The molecule has 0 saturated heterocycles. The molecule has 0 radical (unpaired) electrons. The van der Waals surface area contributed by atoms with Crippen molar-refractivity contribution in [3.8, 4) is 6.07 Å². The second-order valence-electron chi connectivity index (χ2n) is 0.866. The minimum atomic E-state index is -1.34. The lowest BCUT2D eigenvalue weighted by Crippen LogP contribution is -2.11. The van der Waals surface area contributed by atoms with Crippen LogP contribution in [0.15, 0.2) is 0 Å². The molecule has 0 saturated carbocycles. The number of carbonyl (C=O) groups is 1. The number of carbonyl (C=O) groups excluding carboxylic acids is 1. The average Bonchev–Trinajstić information content (AvgIpc) is 2.05. The van der Waals surface area contributed by atoms with Gasteiger partial charge in [0.2, 0.25) is 5.71 Å². The normalized spacial score (nSPS) is 6.20. The fourth-order valence-corrected chi connectivity index (χ4v) is 0.0913. The van der Waals surface area contributed by atoms with Crippen LogP contribution < -0.4 is 0 Å². The summed E-state index contributed by atoms with van der Waals surface area (Å²) in [6.07, 6.45) is 0. The van der Waals surface area contributed by atoms with Crippen molar-refractivity contribution in [2.24, 2.45) is 0 Å². The Kier molecular flexibility index (Phi) is 8.65. The van der Waals surface area contributed by atoms with Crippen LogP contribution in [0.3, 0.4) is 0 Å². The van der Waals surface area contributed by atoms with Gasteiger partial charge in [-0.05, 0) is 0 Å². The Morgan fingerprint density at radius 2 is 2.10 bits per heavy atom. The van der Waals surface area contributed by atoms with Crippen LogP contribution in [0, 0.1) is 16.7 Å². The third kappa shape index (κ3) is 4.74. The van der Waals surface area contributed by atoms with Crippen molar-refractivity contribution < 1.29 is 14.9 Å². The van der Waals surface area contributed by atoms with Gasteiger partial charge in [0.15, 0.2) is 0 Å². The Balaban J connectivity index is 0. The molecule has 0 aliphatic carbocycles. The summed E-state index contributed by atoms with van der Waals surface area (Å²) < 4.78 is 0. The van der Waals surface area contributed by atoms with E-state index in [2.05, 4.69) is 4.89 Å². The predicted octanol–water partition coefficient (Wildman–Crippen LogP) is 0.572. The molecule has 0 aromatic carbocycles. The van der Waals surface area contributed by atoms with E-state index >= 15 is 0 Å². The molecule has 0 bridgehead atoms. The predicted molar refractivity (Wildman–Crippen MR) is 33.4 cm³/mol. The first-order chi connectivity index (χ1) is 4.72. The van der Waals surface area contributed by atoms with Crippen LogP contribution in [-0.4, -0.2) is 16.9 Å². The van der Waals surface area contributed by atoms with E-state index in [9.17, 15) is 4.79 Å². The molecule has 0 rings (SSSR count). The number of rotatable bonds is 1. The van der Waals surface area contributed by atoms with Gasteiger partial charge in [-0.25, -0.2) is 4.79 Å². The maximum Gasteiger partial charge on any atom is 0.401 e. The van der Waals surface area contributed by atoms with E-state index in [1.807, 2.05) is 13.8 Å². The van der Waals surface area contributed by atoms with Crippen molar-refractivity contribution in [1.82, 2.24) is 0 Å². The quantitative estimate of drug-likeness (QED) is 0.319. The maximum absolute atomic E-state index is 9.82. The third-order valence-electron chi connectivity index (χ3n) is 0.399.